The van der Waals surface area contributed by atoms with Crippen LogP contribution in [-0.4, -0.2) is 43.9 Å². The first-order chi connectivity index (χ1) is 11.7. The van der Waals surface area contributed by atoms with E-state index in [9.17, 15) is 9.59 Å². The highest BCUT2D eigenvalue weighted by molar-refractivity contribution is 8.02. The molecule has 0 bridgehead atoms. The number of carbonyl (C=O) groups excluding carboxylic acids is 2. The molecule has 2 amide bonds. The maximum Gasteiger partial charge on any atom is 0.291 e. The van der Waals surface area contributed by atoms with Crippen LogP contribution in [0.3, 0.4) is 0 Å². The molecule has 130 valence electrons. The Kier molecular flexibility index (Phi) is 7.64. The Hall–Kier alpha value is -1.99. The van der Waals surface area contributed by atoms with Crippen molar-refractivity contribution >= 4 is 29.3 Å². The summed E-state index contributed by atoms with van der Waals surface area (Å²) in [4.78, 5) is 24.2. The van der Waals surface area contributed by atoms with E-state index >= 15 is 0 Å². The quantitative estimate of drug-likeness (QED) is 0.704. The zero-order valence-corrected chi connectivity index (χ0v) is 14.5. The third-order valence-corrected chi connectivity index (χ3v) is 3.99. The van der Waals surface area contributed by atoms with Gasteiger partial charge in [0, 0.05) is 42.2 Å². The smallest absolute Gasteiger partial charge is 0.291 e. The van der Waals surface area contributed by atoms with Crippen LogP contribution in [0.15, 0.2) is 35.4 Å². The molecular formula is C17H22N2O4S. The average molecular weight is 350 g/mol. The fraction of sp³-hybridized carbons (Fsp3) is 0.412. The predicted molar refractivity (Wildman–Crippen MR) is 95.0 cm³/mol. The molecule has 0 aliphatic carbocycles. The summed E-state index contributed by atoms with van der Waals surface area (Å²) in [5.41, 5.74) is 1.05. The SMILES string of the molecule is CCOCCCNC(=O)c1cccc(NC(=O)C2=CSCCO2)c1. The number of ether oxygens (including phenoxy) is 2. The number of amides is 2. The normalized spacial score (nSPS) is 13.6. The van der Waals surface area contributed by atoms with Gasteiger partial charge in [-0.2, -0.15) is 0 Å². The van der Waals surface area contributed by atoms with Gasteiger partial charge in [-0.05, 0) is 31.5 Å². The Morgan fingerprint density at radius 2 is 2.21 bits per heavy atom. The lowest BCUT2D eigenvalue weighted by Crippen LogP contribution is -2.25. The Morgan fingerprint density at radius 1 is 1.33 bits per heavy atom. The molecule has 0 aromatic heterocycles. The summed E-state index contributed by atoms with van der Waals surface area (Å²) in [5, 5.41) is 7.28. The van der Waals surface area contributed by atoms with Crippen molar-refractivity contribution in [3.8, 4) is 0 Å². The van der Waals surface area contributed by atoms with Crippen LogP contribution in [0.4, 0.5) is 5.69 Å². The van der Waals surface area contributed by atoms with Crippen molar-refractivity contribution in [2.24, 2.45) is 0 Å². The summed E-state index contributed by atoms with van der Waals surface area (Å²) < 4.78 is 10.5. The first-order valence-electron chi connectivity index (χ1n) is 7.92. The van der Waals surface area contributed by atoms with Crippen molar-refractivity contribution in [2.45, 2.75) is 13.3 Å². The number of thioether (sulfide) groups is 1. The highest BCUT2D eigenvalue weighted by Crippen LogP contribution is 2.17. The summed E-state index contributed by atoms with van der Waals surface area (Å²) in [5.74, 6) is 0.662. The topological polar surface area (TPSA) is 76.7 Å². The van der Waals surface area contributed by atoms with Gasteiger partial charge in [0.1, 0.15) is 0 Å². The molecule has 24 heavy (non-hydrogen) atoms. The van der Waals surface area contributed by atoms with Gasteiger partial charge in [-0.1, -0.05) is 6.07 Å². The predicted octanol–water partition coefficient (Wildman–Crippen LogP) is 2.39. The van der Waals surface area contributed by atoms with Crippen LogP contribution < -0.4 is 10.6 Å². The molecule has 1 aliphatic rings. The highest BCUT2D eigenvalue weighted by Gasteiger charge is 2.15. The number of nitrogens with one attached hydrogen (secondary N) is 2. The second-order valence-electron chi connectivity index (χ2n) is 5.04. The Labute approximate surface area is 146 Å². The first-order valence-corrected chi connectivity index (χ1v) is 8.97. The molecule has 0 spiro atoms. The molecule has 1 aromatic rings. The van der Waals surface area contributed by atoms with Gasteiger partial charge in [0.25, 0.3) is 11.8 Å². The molecule has 2 rings (SSSR count). The molecule has 6 nitrogen and oxygen atoms in total. The molecule has 0 atom stereocenters. The summed E-state index contributed by atoms with van der Waals surface area (Å²) in [6.45, 7) is 4.31. The summed E-state index contributed by atoms with van der Waals surface area (Å²) >= 11 is 1.54. The zero-order chi connectivity index (χ0) is 17.2. The maximum atomic E-state index is 12.1. The van der Waals surface area contributed by atoms with E-state index in [1.807, 2.05) is 6.92 Å². The van der Waals surface area contributed by atoms with Gasteiger partial charge >= 0.3 is 0 Å². The molecule has 0 fully saturated rings. The second-order valence-corrected chi connectivity index (χ2v) is 6.02. The molecule has 1 aliphatic heterocycles. The van der Waals surface area contributed by atoms with Crippen molar-refractivity contribution in [3.05, 3.63) is 41.0 Å². The minimum absolute atomic E-state index is 0.175. The summed E-state index contributed by atoms with van der Waals surface area (Å²) in [6, 6.07) is 6.82. The van der Waals surface area contributed by atoms with Crippen LogP contribution in [0.25, 0.3) is 0 Å². The molecule has 0 unspecified atom stereocenters. The molecule has 1 heterocycles. The number of anilines is 1. The Morgan fingerprint density at radius 3 is 2.96 bits per heavy atom. The molecular weight excluding hydrogens is 328 g/mol. The van der Waals surface area contributed by atoms with Crippen LogP contribution in [-0.2, 0) is 14.3 Å². The standard InChI is InChI=1S/C17H22N2O4S/c1-2-22-8-4-7-18-16(20)13-5-3-6-14(11-13)19-17(21)15-12-24-10-9-23-15/h3,5-6,11-12H,2,4,7-10H2,1H3,(H,18,20)(H,19,21). The van der Waals surface area contributed by atoms with E-state index in [-0.39, 0.29) is 11.8 Å². The average Bonchev–Trinajstić information content (AvgIpc) is 2.62. The molecule has 0 saturated carbocycles. The number of hydrogen-bond donors (Lipinski definition) is 2. The maximum absolute atomic E-state index is 12.1. The van der Waals surface area contributed by atoms with Gasteiger partial charge in [0.05, 0.1) is 6.61 Å². The van der Waals surface area contributed by atoms with E-state index in [0.717, 1.165) is 12.2 Å². The van der Waals surface area contributed by atoms with E-state index < -0.39 is 0 Å². The van der Waals surface area contributed by atoms with Crippen molar-refractivity contribution < 1.29 is 19.1 Å². The van der Waals surface area contributed by atoms with Crippen molar-refractivity contribution in [1.82, 2.24) is 5.32 Å². The number of carbonyl (C=O) groups is 2. The van der Waals surface area contributed by atoms with Crippen molar-refractivity contribution in [2.75, 3.05) is 37.4 Å². The number of rotatable bonds is 8. The van der Waals surface area contributed by atoms with Gasteiger partial charge in [-0.15, -0.1) is 11.8 Å². The largest absolute Gasteiger partial charge is 0.487 e. The summed E-state index contributed by atoms with van der Waals surface area (Å²) in [6.07, 6.45) is 0.763. The van der Waals surface area contributed by atoms with Gasteiger partial charge in [-0.25, -0.2) is 0 Å². The van der Waals surface area contributed by atoms with Gasteiger partial charge in [0.15, 0.2) is 5.76 Å². The lowest BCUT2D eigenvalue weighted by atomic mass is 10.2. The molecule has 7 heteroatoms. The van der Waals surface area contributed by atoms with Gasteiger partial charge in [0.2, 0.25) is 0 Å². The minimum atomic E-state index is -0.309. The fourth-order valence-corrected chi connectivity index (χ4v) is 2.66. The van der Waals surface area contributed by atoms with Crippen LogP contribution in [0.1, 0.15) is 23.7 Å². The molecule has 0 saturated heterocycles. The van der Waals surface area contributed by atoms with E-state index in [4.69, 9.17) is 9.47 Å². The Bertz CT molecular complexity index is 604. The monoisotopic (exact) mass is 350 g/mol. The van der Waals surface area contributed by atoms with Crippen molar-refractivity contribution in [1.29, 1.82) is 0 Å². The zero-order valence-electron chi connectivity index (χ0n) is 13.7. The number of benzene rings is 1. The van der Waals surface area contributed by atoms with E-state index in [1.165, 1.54) is 0 Å². The van der Waals surface area contributed by atoms with Crippen LogP contribution in [0.2, 0.25) is 0 Å². The Balaban J connectivity index is 1.87. The summed E-state index contributed by atoms with van der Waals surface area (Å²) in [7, 11) is 0. The van der Waals surface area contributed by atoms with E-state index in [2.05, 4.69) is 10.6 Å². The third kappa shape index (κ3) is 5.90. The second kappa shape index (κ2) is 10.00. The van der Waals surface area contributed by atoms with Crippen LogP contribution >= 0.6 is 11.8 Å². The molecule has 1 aromatic carbocycles. The third-order valence-electron chi connectivity index (χ3n) is 3.21. The fourth-order valence-electron chi connectivity index (χ4n) is 2.04. The van der Waals surface area contributed by atoms with E-state index in [0.29, 0.717) is 43.4 Å². The lowest BCUT2D eigenvalue weighted by Gasteiger charge is -2.14. The van der Waals surface area contributed by atoms with E-state index in [1.54, 1.807) is 41.4 Å². The molecule has 0 radical (unpaired) electrons. The lowest BCUT2D eigenvalue weighted by molar-refractivity contribution is -0.116. The van der Waals surface area contributed by atoms with Crippen LogP contribution in [0.5, 0.6) is 0 Å². The van der Waals surface area contributed by atoms with Gasteiger partial charge < -0.3 is 20.1 Å². The highest BCUT2D eigenvalue weighted by atomic mass is 32.2. The van der Waals surface area contributed by atoms with Crippen LogP contribution in [0, 0.1) is 0 Å². The van der Waals surface area contributed by atoms with Gasteiger partial charge in [-0.3, -0.25) is 9.59 Å². The number of hydrogen-bond acceptors (Lipinski definition) is 5. The molecule has 2 N–H and O–H groups in total. The van der Waals surface area contributed by atoms with Crippen molar-refractivity contribution in [3.63, 3.8) is 0 Å². The first kappa shape index (κ1) is 18.4. The minimum Gasteiger partial charge on any atom is -0.487 e.